The molecule has 0 bridgehead atoms. The van der Waals surface area contributed by atoms with Crippen LogP contribution < -0.4 is 4.74 Å². The van der Waals surface area contributed by atoms with Crippen molar-refractivity contribution in [3.63, 3.8) is 0 Å². The predicted octanol–water partition coefficient (Wildman–Crippen LogP) is 8.41. The fraction of sp³-hybridized carbons (Fsp3) is 0.346. The van der Waals surface area contributed by atoms with Crippen molar-refractivity contribution >= 4 is 40.2 Å². The molecule has 186 valence electrons. The van der Waals surface area contributed by atoms with E-state index >= 15 is 0 Å². The Bertz CT molecular complexity index is 1240. The Balaban J connectivity index is 1.49. The van der Waals surface area contributed by atoms with Crippen LogP contribution in [0.1, 0.15) is 44.6 Å². The van der Waals surface area contributed by atoms with Gasteiger partial charge in [-0.15, -0.1) is 0 Å². The minimum absolute atomic E-state index is 0.0620. The molecule has 2 heterocycles. The third-order valence-corrected chi connectivity index (χ3v) is 6.62. The summed E-state index contributed by atoms with van der Waals surface area (Å²) in [6, 6.07) is 10.1. The molecule has 3 rings (SSSR count). The summed E-state index contributed by atoms with van der Waals surface area (Å²) < 4.78 is 50.0. The molecular formula is C26H26F3NO3S2. The Hall–Kier alpha value is -2.65. The molecule has 0 saturated carbocycles. The second-order valence-electron chi connectivity index (χ2n) is 8.10. The van der Waals surface area contributed by atoms with E-state index in [9.17, 15) is 18.0 Å². The van der Waals surface area contributed by atoms with Gasteiger partial charge in [0.1, 0.15) is 0 Å². The molecule has 0 spiro atoms. The Kier molecular flexibility index (Phi) is 9.51. The fourth-order valence-corrected chi connectivity index (χ4v) is 4.34. The minimum Gasteiger partial charge on any atom is -0.478 e. The van der Waals surface area contributed by atoms with Gasteiger partial charge in [0.25, 0.3) is 0 Å². The monoisotopic (exact) mass is 521 g/mol. The molecule has 0 saturated heterocycles. The molecule has 35 heavy (non-hydrogen) atoms. The van der Waals surface area contributed by atoms with Gasteiger partial charge in [0, 0.05) is 22.8 Å². The number of ether oxygens (including phenoxy) is 1. The first-order chi connectivity index (χ1) is 16.6. The van der Waals surface area contributed by atoms with Gasteiger partial charge in [0.05, 0.1) is 12.2 Å². The largest absolute Gasteiger partial charge is 0.478 e. The van der Waals surface area contributed by atoms with Crippen molar-refractivity contribution in [2.75, 3.05) is 12.4 Å². The van der Waals surface area contributed by atoms with Crippen molar-refractivity contribution in [3.8, 4) is 17.0 Å². The topological polar surface area (TPSA) is 52.3 Å². The highest BCUT2D eigenvalue weighted by molar-refractivity contribution is 8.14. The van der Waals surface area contributed by atoms with E-state index in [0.29, 0.717) is 40.3 Å². The number of fused-ring (bicyclic) bond motifs is 1. The third-order valence-electron chi connectivity index (χ3n) is 5.22. The van der Waals surface area contributed by atoms with Crippen molar-refractivity contribution in [2.24, 2.45) is 0 Å². The number of rotatable bonds is 11. The van der Waals surface area contributed by atoms with Crippen LogP contribution in [-0.4, -0.2) is 22.5 Å². The Morgan fingerprint density at radius 1 is 1.09 bits per heavy atom. The molecule has 3 aromatic rings. The number of pyridine rings is 1. The average Bonchev–Trinajstić information content (AvgIpc) is 2.81. The number of thioether (sulfide) groups is 1. The standard InChI is InChI=1S/C26H26F3NO3S2/c1-17(2)24(31)35-15-7-5-3-4-6-14-32-22-13-10-19-16-21(25(34)33-23(19)30-22)18-8-11-20(12-9-18)26(27,28)29/h8-13,16H,1,3-7,14-15H2,2H3. The van der Waals surface area contributed by atoms with Gasteiger partial charge in [0.15, 0.2) is 0 Å². The van der Waals surface area contributed by atoms with Crippen LogP contribution in [0.15, 0.2) is 59.0 Å². The Labute approximate surface area is 211 Å². The SMILES string of the molecule is C=C(C)C(=O)SCCCCCCCOc1ccc2cc(-c3ccc(C(F)(F)F)cc3)c(=S)oc2n1. The molecule has 9 heteroatoms. The van der Waals surface area contributed by atoms with Crippen LogP contribution in [0.3, 0.4) is 0 Å². The molecule has 0 aliphatic carbocycles. The molecule has 0 aliphatic rings. The smallest absolute Gasteiger partial charge is 0.416 e. The maximum Gasteiger partial charge on any atom is 0.416 e. The zero-order chi connectivity index (χ0) is 25.4. The highest BCUT2D eigenvalue weighted by atomic mass is 32.2. The van der Waals surface area contributed by atoms with Gasteiger partial charge in [-0.1, -0.05) is 49.7 Å². The number of hydrogen-bond donors (Lipinski definition) is 0. The first-order valence-electron chi connectivity index (χ1n) is 11.2. The second kappa shape index (κ2) is 12.4. The molecule has 0 radical (unpaired) electrons. The summed E-state index contributed by atoms with van der Waals surface area (Å²) in [6.07, 6.45) is 0.632. The van der Waals surface area contributed by atoms with Crippen molar-refractivity contribution in [1.82, 2.24) is 4.98 Å². The second-order valence-corrected chi connectivity index (χ2v) is 9.54. The van der Waals surface area contributed by atoms with Gasteiger partial charge in [-0.2, -0.15) is 18.2 Å². The average molecular weight is 522 g/mol. The number of benzene rings is 1. The zero-order valence-electron chi connectivity index (χ0n) is 19.3. The van der Waals surface area contributed by atoms with Crippen LogP contribution in [0.5, 0.6) is 5.88 Å². The number of carbonyl (C=O) groups excluding carboxylic acids is 1. The first-order valence-corrected chi connectivity index (χ1v) is 12.6. The summed E-state index contributed by atoms with van der Waals surface area (Å²) in [6.45, 7) is 5.89. The van der Waals surface area contributed by atoms with Crippen LogP contribution in [0.2, 0.25) is 0 Å². The van der Waals surface area contributed by atoms with Gasteiger partial charge in [-0.3, -0.25) is 4.79 Å². The van der Waals surface area contributed by atoms with Gasteiger partial charge in [-0.05, 0) is 67.4 Å². The summed E-state index contributed by atoms with van der Waals surface area (Å²) in [4.78, 5) is 15.8. The number of alkyl halides is 3. The van der Waals surface area contributed by atoms with Gasteiger partial charge >= 0.3 is 6.18 Å². The van der Waals surface area contributed by atoms with Crippen LogP contribution in [0, 0.1) is 4.71 Å². The van der Waals surface area contributed by atoms with Crippen LogP contribution >= 0.6 is 24.0 Å². The lowest BCUT2D eigenvalue weighted by Gasteiger charge is -2.09. The van der Waals surface area contributed by atoms with Gasteiger partial charge in [-0.25, -0.2) is 0 Å². The van der Waals surface area contributed by atoms with Gasteiger partial charge in [0.2, 0.25) is 21.4 Å². The van der Waals surface area contributed by atoms with E-state index in [2.05, 4.69) is 11.6 Å². The minimum atomic E-state index is -4.39. The van der Waals surface area contributed by atoms with Crippen molar-refractivity contribution in [3.05, 3.63) is 64.9 Å². The number of unbranched alkanes of at least 4 members (excludes halogenated alkanes) is 4. The first kappa shape index (κ1) is 26.9. The zero-order valence-corrected chi connectivity index (χ0v) is 21.0. The number of aromatic nitrogens is 1. The molecule has 0 fully saturated rings. The lowest BCUT2D eigenvalue weighted by atomic mass is 10.0. The molecular weight excluding hydrogens is 495 g/mol. The highest BCUT2D eigenvalue weighted by Crippen LogP contribution is 2.32. The summed E-state index contributed by atoms with van der Waals surface area (Å²) in [7, 11) is 0. The summed E-state index contributed by atoms with van der Waals surface area (Å²) in [5.41, 5.74) is 1.24. The van der Waals surface area contributed by atoms with E-state index in [1.54, 1.807) is 25.1 Å². The van der Waals surface area contributed by atoms with Crippen molar-refractivity contribution in [1.29, 1.82) is 0 Å². The lowest BCUT2D eigenvalue weighted by molar-refractivity contribution is -0.137. The molecule has 2 aromatic heterocycles. The molecule has 0 aliphatic heterocycles. The van der Waals surface area contributed by atoms with E-state index in [-0.39, 0.29) is 9.82 Å². The number of carbonyl (C=O) groups is 1. The molecule has 0 N–H and O–H groups in total. The Morgan fingerprint density at radius 3 is 2.46 bits per heavy atom. The number of nitrogens with zero attached hydrogens (tertiary/aromatic N) is 1. The van der Waals surface area contributed by atoms with Crippen LogP contribution in [0.4, 0.5) is 13.2 Å². The van der Waals surface area contributed by atoms with Crippen LogP contribution in [-0.2, 0) is 11.0 Å². The van der Waals surface area contributed by atoms with E-state index in [1.807, 2.05) is 0 Å². The normalized spacial score (nSPS) is 11.5. The molecule has 0 atom stereocenters. The predicted molar refractivity (Wildman–Crippen MR) is 136 cm³/mol. The molecule has 0 unspecified atom stereocenters. The number of hydrogen-bond acceptors (Lipinski definition) is 6. The Morgan fingerprint density at radius 2 is 1.77 bits per heavy atom. The highest BCUT2D eigenvalue weighted by Gasteiger charge is 2.30. The van der Waals surface area contributed by atoms with Crippen molar-refractivity contribution in [2.45, 2.75) is 45.2 Å². The molecule has 0 amide bonds. The molecule has 4 nitrogen and oxygen atoms in total. The van der Waals surface area contributed by atoms with E-state index in [0.717, 1.165) is 50.0 Å². The third kappa shape index (κ3) is 7.93. The quantitative estimate of drug-likeness (QED) is 0.143. The van der Waals surface area contributed by atoms with Crippen molar-refractivity contribution < 1.29 is 27.1 Å². The summed E-state index contributed by atoms with van der Waals surface area (Å²) in [5, 5.41) is 0.732. The van der Waals surface area contributed by atoms with Gasteiger partial charge < -0.3 is 9.15 Å². The summed E-state index contributed by atoms with van der Waals surface area (Å²) in [5.74, 6) is 1.24. The van der Waals surface area contributed by atoms with E-state index in [1.165, 1.54) is 23.9 Å². The lowest BCUT2D eigenvalue weighted by Crippen LogP contribution is -2.04. The summed E-state index contributed by atoms with van der Waals surface area (Å²) >= 11 is 6.63. The number of halogens is 3. The van der Waals surface area contributed by atoms with E-state index in [4.69, 9.17) is 21.4 Å². The van der Waals surface area contributed by atoms with Crippen LogP contribution in [0.25, 0.3) is 22.2 Å². The van der Waals surface area contributed by atoms with E-state index < -0.39 is 11.7 Å². The fourth-order valence-electron chi connectivity index (χ4n) is 3.30. The maximum absolute atomic E-state index is 12.8. The molecule has 1 aromatic carbocycles. The maximum atomic E-state index is 12.8.